The smallest absolute Gasteiger partial charge is 0.271 e. The van der Waals surface area contributed by atoms with Gasteiger partial charge >= 0.3 is 11.2 Å². The Balaban J connectivity index is 2.66. The van der Waals surface area contributed by atoms with Crippen molar-refractivity contribution in [3.05, 3.63) is 27.2 Å². The van der Waals surface area contributed by atoms with E-state index in [0.29, 0.717) is 17.7 Å². The number of hydrogen-bond acceptors (Lipinski definition) is 2. The van der Waals surface area contributed by atoms with Crippen molar-refractivity contribution in [1.29, 1.82) is 0 Å². The monoisotopic (exact) mass is 223 g/mol. The van der Waals surface area contributed by atoms with Crippen LogP contribution in [0.4, 0.5) is 0 Å². The van der Waals surface area contributed by atoms with E-state index in [4.69, 9.17) is 0 Å². The maximum atomic E-state index is 11.7. The third-order valence-corrected chi connectivity index (χ3v) is 2.21. The Bertz CT molecular complexity index is 627. The summed E-state index contributed by atoms with van der Waals surface area (Å²) in [6, 6.07) is 0. The second kappa shape index (κ2) is 3.33. The van der Waals surface area contributed by atoms with Gasteiger partial charge in [0.15, 0.2) is 0 Å². The van der Waals surface area contributed by atoms with Crippen molar-refractivity contribution in [3.63, 3.8) is 0 Å². The van der Waals surface area contributed by atoms with Crippen LogP contribution in [0.5, 0.6) is 0 Å². The van der Waals surface area contributed by atoms with Crippen molar-refractivity contribution in [2.75, 3.05) is 0 Å². The first-order valence-electron chi connectivity index (χ1n) is 5.10. The molecular formula is C10H15N4O2+. The van der Waals surface area contributed by atoms with Crippen molar-refractivity contribution in [3.8, 4) is 0 Å². The van der Waals surface area contributed by atoms with E-state index >= 15 is 0 Å². The molecule has 0 fully saturated rings. The minimum absolute atomic E-state index is 0.0579. The normalized spacial score (nSPS) is 12.2. The molecule has 3 N–H and O–H groups in total. The minimum Gasteiger partial charge on any atom is -0.271 e. The summed E-state index contributed by atoms with van der Waals surface area (Å²) >= 11 is 0. The van der Waals surface area contributed by atoms with Gasteiger partial charge in [-0.15, -0.1) is 0 Å². The van der Waals surface area contributed by atoms with Crippen molar-refractivity contribution in [2.45, 2.75) is 27.3 Å². The fraction of sp³-hybridized carbons (Fsp3) is 0.500. The zero-order valence-corrected chi connectivity index (χ0v) is 9.55. The van der Waals surface area contributed by atoms with E-state index in [0.717, 1.165) is 0 Å². The summed E-state index contributed by atoms with van der Waals surface area (Å²) in [5.41, 5.74) is 0.113. The van der Waals surface area contributed by atoms with Crippen LogP contribution in [0.15, 0.2) is 15.9 Å². The number of aromatic amines is 3. The highest BCUT2D eigenvalue weighted by Crippen LogP contribution is 2.12. The molecule has 0 radical (unpaired) electrons. The van der Waals surface area contributed by atoms with Crippen LogP contribution in [0.3, 0.4) is 0 Å². The molecule has 0 aliphatic heterocycles. The Hall–Kier alpha value is -1.85. The highest BCUT2D eigenvalue weighted by Gasteiger charge is 2.20. The molecule has 0 aromatic carbocycles. The standard InChI is InChI=1S/C10H14N4O2/c1-10(2,3)4-14-5-11-7-6(14)8(15)13-9(16)12-7/h5H,4H2,1-3H3,(H2,12,13,15,16)/p+1. The predicted molar refractivity (Wildman–Crippen MR) is 59.2 cm³/mol. The first-order valence-corrected chi connectivity index (χ1v) is 5.10. The Kier molecular flexibility index (Phi) is 2.22. The quantitative estimate of drug-likeness (QED) is 0.589. The fourth-order valence-corrected chi connectivity index (χ4v) is 1.70. The van der Waals surface area contributed by atoms with E-state index in [1.54, 1.807) is 6.33 Å². The SMILES string of the molecule is CC(C)(C)C[n+]1c[nH]c2[nH]c(=O)[nH]c(=O)c21. The van der Waals surface area contributed by atoms with Gasteiger partial charge in [-0.1, -0.05) is 20.8 Å². The van der Waals surface area contributed by atoms with Crippen LogP contribution >= 0.6 is 0 Å². The molecule has 6 heteroatoms. The molecule has 0 atom stereocenters. The van der Waals surface area contributed by atoms with E-state index in [9.17, 15) is 9.59 Å². The van der Waals surface area contributed by atoms with Crippen LogP contribution in [0, 0.1) is 5.41 Å². The number of H-pyrrole nitrogens is 3. The van der Waals surface area contributed by atoms with E-state index in [1.165, 1.54) is 0 Å². The number of nitrogens with zero attached hydrogens (tertiary/aromatic N) is 1. The maximum absolute atomic E-state index is 11.7. The zero-order chi connectivity index (χ0) is 11.9. The molecule has 0 saturated heterocycles. The lowest BCUT2D eigenvalue weighted by molar-refractivity contribution is -0.683. The van der Waals surface area contributed by atoms with E-state index in [-0.39, 0.29) is 11.0 Å². The number of hydrogen-bond donors (Lipinski definition) is 3. The summed E-state index contributed by atoms with van der Waals surface area (Å²) in [6.45, 7) is 6.94. The van der Waals surface area contributed by atoms with Crippen molar-refractivity contribution < 1.29 is 4.57 Å². The molecule has 2 aromatic heterocycles. The van der Waals surface area contributed by atoms with Crippen molar-refractivity contribution in [1.82, 2.24) is 15.0 Å². The number of imidazole rings is 1. The predicted octanol–water partition coefficient (Wildman–Crippen LogP) is -0.122. The first-order chi connectivity index (χ1) is 7.37. The molecule has 0 amide bonds. The van der Waals surface area contributed by atoms with Gasteiger partial charge in [0.1, 0.15) is 0 Å². The van der Waals surface area contributed by atoms with Crippen LogP contribution < -0.4 is 15.8 Å². The van der Waals surface area contributed by atoms with Crippen LogP contribution in [-0.4, -0.2) is 15.0 Å². The minimum atomic E-state index is -0.498. The van der Waals surface area contributed by atoms with Crippen LogP contribution in [-0.2, 0) is 6.54 Å². The van der Waals surface area contributed by atoms with Gasteiger partial charge in [-0.2, -0.15) is 0 Å². The molecule has 6 nitrogen and oxygen atoms in total. The molecule has 2 rings (SSSR count). The molecule has 0 bridgehead atoms. The molecule has 2 aromatic rings. The molecule has 0 spiro atoms. The summed E-state index contributed by atoms with van der Waals surface area (Å²) in [4.78, 5) is 30.4. The van der Waals surface area contributed by atoms with E-state index in [2.05, 4.69) is 35.7 Å². The largest absolute Gasteiger partial charge is 0.329 e. The highest BCUT2D eigenvalue weighted by atomic mass is 16.2. The van der Waals surface area contributed by atoms with Gasteiger partial charge < -0.3 is 0 Å². The van der Waals surface area contributed by atoms with Gasteiger partial charge in [-0.25, -0.2) is 14.3 Å². The Labute approximate surface area is 91.3 Å². The molecule has 0 aliphatic carbocycles. The second-order valence-electron chi connectivity index (χ2n) is 5.09. The van der Waals surface area contributed by atoms with Gasteiger partial charge in [0.05, 0.1) is 6.54 Å². The zero-order valence-electron chi connectivity index (χ0n) is 9.55. The Morgan fingerprint density at radius 3 is 2.56 bits per heavy atom. The van der Waals surface area contributed by atoms with Gasteiger partial charge in [-0.3, -0.25) is 14.8 Å². The first kappa shape index (κ1) is 10.7. The number of aromatic nitrogens is 4. The number of fused-ring (bicyclic) bond motifs is 1. The highest BCUT2D eigenvalue weighted by molar-refractivity contribution is 5.63. The Morgan fingerprint density at radius 2 is 1.94 bits per heavy atom. The van der Waals surface area contributed by atoms with Crippen LogP contribution in [0.1, 0.15) is 20.8 Å². The molecule has 0 saturated carbocycles. The van der Waals surface area contributed by atoms with Gasteiger partial charge in [-0.05, 0) is 5.41 Å². The number of rotatable bonds is 1. The summed E-state index contributed by atoms with van der Waals surface area (Å²) in [7, 11) is 0. The summed E-state index contributed by atoms with van der Waals surface area (Å²) in [5.74, 6) is 0. The lowest BCUT2D eigenvalue weighted by atomic mass is 9.97. The van der Waals surface area contributed by atoms with E-state index in [1.807, 2.05) is 4.57 Å². The summed E-state index contributed by atoms with van der Waals surface area (Å²) in [5, 5.41) is 0. The van der Waals surface area contributed by atoms with E-state index < -0.39 is 5.69 Å². The average Bonchev–Trinajstić information content (AvgIpc) is 2.44. The lowest BCUT2D eigenvalue weighted by Crippen LogP contribution is -2.42. The summed E-state index contributed by atoms with van der Waals surface area (Å²) < 4.78 is 1.81. The third-order valence-electron chi connectivity index (χ3n) is 2.21. The van der Waals surface area contributed by atoms with Gasteiger partial charge in [0.25, 0.3) is 11.2 Å². The van der Waals surface area contributed by atoms with Crippen LogP contribution in [0.2, 0.25) is 0 Å². The second-order valence-corrected chi connectivity index (χ2v) is 5.09. The molecule has 2 heterocycles. The topological polar surface area (TPSA) is 85.4 Å². The molecule has 0 aliphatic rings. The molecule has 16 heavy (non-hydrogen) atoms. The Morgan fingerprint density at radius 1 is 1.25 bits per heavy atom. The molecule has 86 valence electrons. The maximum Gasteiger partial charge on any atom is 0.329 e. The average molecular weight is 223 g/mol. The van der Waals surface area contributed by atoms with Crippen molar-refractivity contribution in [2.24, 2.45) is 5.41 Å². The van der Waals surface area contributed by atoms with Gasteiger partial charge in [0.2, 0.25) is 6.33 Å². The number of nitrogens with one attached hydrogen (secondary N) is 3. The van der Waals surface area contributed by atoms with Crippen molar-refractivity contribution >= 4 is 11.2 Å². The molecular weight excluding hydrogens is 208 g/mol. The fourth-order valence-electron chi connectivity index (χ4n) is 1.70. The third kappa shape index (κ3) is 1.91. The van der Waals surface area contributed by atoms with Crippen LogP contribution in [0.25, 0.3) is 11.2 Å². The van der Waals surface area contributed by atoms with Gasteiger partial charge in [0, 0.05) is 0 Å². The molecule has 0 unspecified atom stereocenters. The lowest BCUT2D eigenvalue weighted by Gasteiger charge is -2.14. The summed E-state index contributed by atoms with van der Waals surface area (Å²) in [6.07, 6.45) is 1.70.